The third kappa shape index (κ3) is 3.98. The number of hydrogen-bond donors (Lipinski definition) is 0. The summed E-state index contributed by atoms with van der Waals surface area (Å²) in [5, 5.41) is 0.626. The maximum absolute atomic E-state index is 13.2. The van der Waals surface area contributed by atoms with Gasteiger partial charge in [0.05, 0.1) is 10.9 Å². The van der Waals surface area contributed by atoms with Gasteiger partial charge in [0.2, 0.25) is 0 Å². The molecule has 2 aliphatic rings. The molecule has 2 aromatic rings. The largest absolute Gasteiger partial charge is 0.336 e. The summed E-state index contributed by atoms with van der Waals surface area (Å²) < 4.78 is 1.85. The van der Waals surface area contributed by atoms with Crippen molar-refractivity contribution < 1.29 is 4.79 Å². The molecule has 2 heterocycles. The zero-order valence-corrected chi connectivity index (χ0v) is 17.1. The first-order valence-electron chi connectivity index (χ1n) is 10.9. The molecule has 1 fully saturated rings. The van der Waals surface area contributed by atoms with Gasteiger partial charge in [0.25, 0.3) is 11.5 Å². The lowest BCUT2D eigenvalue weighted by atomic mass is 10.1. The van der Waals surface area contributed by atoms with Crippen LogP contribution in [0.25, 0.3) is 10.9 Å². The predicted molar refractivity (Wildman–Crippen MR) is 112 cm³/mol. The molecule has 1 saturated carbocycles. The van der Waals surface area contributed by atoms with E-state index < -0.39 is 0 Å². The Morgan fingerprint density at radius 3 is 2.75 bits per heavy atom. The molecular weight excluding hydrogens is 350 g/mol. The molecule has 1 aliphatic carbocycles. The average Bonchev–Trinajstić information content (AvgIpc) is 3.48. The monoisotopic (exact) mass is 381 g/mol. The fourth-order valence-electron chi connectivity index (χ4n) is 4.13. The van der Waals surface area contributed by atoms with E-state index in [0.29, 0.717) is 28.4 Å². The molecule has 0 atom stereocenters. The Kier molecular flexibility index (Phi) is 5.51. The normalized spacial score (nSPS) is 17.2. The highest BCUT2D eigenvalue weighted by atomic mass is 16.2. The third-order valence-corrected chi connectivity index (χ3v) is 6.01. The first-order chi connectivity index (χ1) is 13.5. The Balaban J connectivity index is 1.67. The van der Waals surface area contributed by atoms with Gasteiger partial charge in [-0.1, -0.05) is 26.7 Å². The van der Waals surface area contributed by atoms with Crippen molar-refractivity contribution in [1.82, 2.24) is 14.5 Å². The van der Waals surface area contributed by atoms with Crippen molar-refractivity contribution in [2.24, 2.45) is 5.92 Å². The minimum Gasteiger partial charge on any atom is -0.336 e. The molecular formula is C23H31N3O2. The van der Waals surface area contributed by atoms with Crippen LogP contribution < -0.4 is 5.56 Å². The van der Waals surface area contributed by atoms with Crippen LogP contribution in [0.1, 0.15) is 75.0 Å². The summed E-state index contributed by atoms with van der Waals surface area (Å²) in [5.74, 6) is 1.53. The fourth-order valence-corrected chi connectivity index (χ4v) is 4.13. The van der Waals surface area contributed by atoms with Crippen molar-refractivity contribution in [1.29, 1.82) is 0 Å². The number of benzene rings is 1. The first kappa shape index (κ1) is 19.2. The maximum atomic E-state index is 13.2. The Labute approximate surface area is 166 Å². The van der Waals surface area contributed by atoms with Crippen molar-refractivity contribution in [2.45, 2.75) is 77.8 Å². The van der Waals surface area contributed by atoms with Crippen molar-refractivity contribution in [3.8, 4) is 0 Å². The number of hydrogen-bond acceptors (Lipinski definition) is 3. The van der Waals surface area contributed by atoms with Gasteiger partial charge in [-0.05, 0) is 56.2 Å². The second-order valence-corrected chi connectivity index (χ2v) is 8.79. The van der Waals surface area contributed by atoms with Gasteiger partial charge in [0.1, 0.15) is 5.82 Å². The van der Waals surface area contributed by atoms with Gasteiger partial charge >= 0.3 is 0 Å². The van der Waals surface area contributed by atoms with Crippen LogP contribution in [0.4, 0.5) is 0 Å². The van der Waals surface area contributed by atoms with E-state index in [0.717, 1.165) is 57.4 Å². The van der Waals surface area contributed by atoms with Crippen LogP contribution in [0.2, 0.25) is 0 Å². The topological polar surface area (TPSA) is 55.2 Å². The van der Waals surface area contributed by atoms with E-state index in [1.165, 1.54) is 12.8 Å². The summed E-state index contributed by atoms with van der Waals surface area (Å²) in [6, 6.07) is 5.84. The molecule has 0 spiro atoms. The van der Waals surface area contributed by atoms with Gasteiger partial charge in [0.15, 0.2) is 0 Å². The van der Waals surface area contributed by atoms with Crippen molar-refractivity contribution in [3.05, 3.63) is 39.9 Å². The molecule has 0 unspecified atom stereocenters. The number of carbonyl (C=O) groups is 1. The molecule has 150 valence electrons. The molecule has 5 nitrogen and oxygen atoms in total. The molecule has 1 aromatic heterocycles. The van der Waals surface area contributed by atoms with Crippen LogP contribution in [0.15, 0.2) is 23.0 Å². The van der Waals surface area contributed by atoms with Crippen LogP contribution in [0, 0.1) is 5.92 Å². The van der Waals surface area contributed by atoms with Gasteiger partial charge in [-0.3, -0.25) is 14.2 Å². The van der Waals surface area contributed by atoms with Crippen LogP contribution >= 0.6 is 0 Å². The van der Waals surface area contributed by atoms with Crippen molar-refractivity contribution >= 4 is 16.8 Å². The second kappa shape index (κ2) is 8.06. The quantitative estimate of drug-likeness (QED) is 0.781. The third-order valence-electron chi connectivity index (χ3n) is 6.01. The van der Waals surface area contributed by atoms with Crippen LogP contribution in [0.5, 0.6) is 0 Å². The summed E-state index contributed by atoms with van der Waals surface area (Å²) in [5.41, 5.74) is 1.37. The number of aromatic nitrogens is 2. The molecule has 4 rings (SSSR count). The Bertz CT molecular complexity index is 927. The highest BCUT2D eigenvalue weighted by Gasteiger charge is 2.33. The molecule has 1 amide bonds. The Morgan fingerprint density at radius 1 is 1.21 bits per heavy atom. The summed E-state index contributed by atoms with van der Waals surface area (Å²) in [7, 11) is 0. The number of aryl methyl sites for hydroxylation is 1. The predicted octanol–water partition coefficient (Wildman–Crippen LogP) is 4.16. The Morgan fingerprint density at radius 2 is 2.00 bits per heavy atom. The standard InChI is InChI=1S/C23H31N3O2/c1-16(2)12-14-25(18-9-10-18)22(27)17-8-11-19-20(15-17)24-21-7-5-3-4-6-13-26(21)23(19)28/h8,11,15-16,18H,3-7,9-10,12-14H2,1-2H3. The summed E-state index contributed by atoms with van der Waals surface area (Å²) >= 11 is 0. The molecule has 0 bridgehead atoms. The van der Waals surface area contributed by atoms with E-state index in [4.69, 9.17) is 4.98 Å². The van der Waals surface area contributed by atoms with E-state index >= 15 is 0 Å². The number of nitrogens with zero attached hydrogens (tertiary/aromatic N) is 3. The fraction of sp³-hybridized carbons (Fsp3) is 0.609. The summed E-state index contributed by atoms with van der Waals surface area (Å²) in [6.45, 7) is 5.94. The number of amides is 1. The van der Waals surface area contributed by atoms with Gasteiger partial charge in [-0.2, -0.15) is 0 Å². The average molecular weight is 382 g/mol. The minimum absolute atomic E-state index is 0.0414. The zero-order chi connectivity index (χ0) is 19.7. The van der Waals surface area contributed by atoms with Gasteiger partial charge in [0, 0.05) is 31.1 Å². The first-order valence-corrected chi connectivity index (χ1v) is 10.9. The van der Waals surface area contributed by atoms with E-state index in [1.54, 1.807) is 6.07 Å². The molecule has 1 aromatic carbocycles. The van der Waals surface area contributed by atoms with Crippen LogP contribution in [0.3, 0.4) is 0 Å². The van der Waals surface area contributed by atoms with Crippen LogP contribution in [-0.2, 0) is 13.0 Å². The maximum Gasteiger partial charge on any atom is 0.261 e. The van der Waals surface area contributed by atoms with E-state index in [2.05, 4.69) is 13.8 Å². The van der Waals surface area contributed by atoms with E-state index in [-0.39, 0.29) is 11.5 Å². The number of carbonyl (C=O) groups excluding carboxylic acids is 1. The molecule has 1 aliphatic heterocycles. The molecule has 28 heavy (non-hydrogen) atoms. The van der Waals surface area contributed by atoms with Crippen LogP contribution in [-0.4, -0.2) is 32.9 Å². The minimum atomic E-state index is 0.0414. The molecule has 0 saturated heterocycles. The van der Waals surface area contributed by atoms with E-state index in [9.17, 15) is 9.59 Å². The number of fused-ring (bicyclic) bond motifs is 2. The van der Waals surface area contributed by atoms with Crippen molar-refractivity contribution in [2.75, 3.05) is 6.54 Å². The van der Waals surface area contributed by atoms with E-state index in [1.807, 2.05) is 21.6 Å². The Hall–Kier alpha value is -2.17. The van der Waals surface area contributed by atoms with Gasteiger partial charge in [-0.25, -0.2) is 4.98 Å². The van der Waals surface area contributed by atoms with Gasteiger partial charge in [-0.15, -0.1) is 0 Å². The second-order valence-electron chi connectivity index (χ2n) is 8.79. The van der Waals surface area contributed by atoms with Crippen molar-refractivity contribution in [3.63, 3.8) is 0 Å². The lowest BCUT2D eigenvalue weighted by molar-refractivity contribution is 0.0735. The lowest BCUT2D eigenvalue weighted by Crippen LogP contribution is -2.34. The summed E-state index contributed by atoms with van der Waals surface area (Å²) in [4.78, 5) is 33.0. The lowest BCUT2D eigenvalue weighted by Gasteiger charge is -2.23. The molecule has 0 N–H and O–H groups in total. The molecule has 5 heteroatoms. The van der Waals surface area contributed by atoms with Gasteiger partial charge < -0.3 is 4.90 Å². The molecule has 0 radical (unpaired) electrons. The smallest absolute Gasteiger partial charge is 0.261 e. The SMILES string of the molecule is CC(C)CCN(C(=O)c1ccc2c(=O)n3c(nc2c1)CCCCCC3)C1CC1. The summed E-state index contributed by atoms with van der Waals surface area (Å²) in [6.07, 6.45) is 8.53. The zero-order valence-electron chi connectivity index (χ0n) is 17.1. The number of rotatable bonds is 5. The highest BCUT2D eigenvalue weighted by Crippen LogP contribution is 2.29. The highest BCUT2D eigenvalue weighted by molar-refractivity contribution is 5.98.